The molecule has 7 nitrogen and oxygen atoms in total. The second kappa shape index (κ2) is 7.68. The topological polar surface area (TPSA) is 87.2 Å². The van der Waals surface area contributed by atoms with Crippen molar-refractivity contribution < 1.29 is 24.2 Å². The Hall–Kier alpha value is -1.58. The van der Waals surface area contributed by atoms with E-state index in [4.69, 9.17) is 4.74 Å². The van der Waals surface area contributed by atoms with Crippen molar-refractivity contribution >= 4 is 45.9 Å². The average molecular weight is 425 g/mol. The van der Waals surface area contributed by atoms with Crippen LogP contribution in [0, 0.1) is 5.41 Å². The van der Waals surface area contributed by atoms with Crippen LogP contribution in [0.15, 0.2) is 17.5 Å². The van der Waals surface area contributed by atoms with Gasteiger partial charge in [0.15, 0.2) is 0 Å². The van der Waals surface area contributed by atoms with Gasteiger partial charge in [-0.1, -0.05) is 0 Å². The summed E-state index contributed by atoms with van der Waals surface area (Å²) in [4.78, 5) is 40.5. The Labute approximate surface area is 172 Å². The summed E-state index contributed by atoms with van der Waals surface area (Å²) in [6, 6.07) is 3.13. The molecule has 4 atom stereocenters. The monoisotopic (exact) mass is 424 g/mol. The van der Waals surface area contributed by atoms with Crippen molar-refractivity contribution in [3.05, 3.63) is 17.5 Å². The lowest BCUT2D eigenvalue weighted by Crippen LogP contribution is -2.74. The molecule has 28 heavy (non-hydrogen) atoms. The second-order valence-electron chi connectivity index (χ2n) is 7.73. The molecule has 3 unspecified atom stereocenters. The largest absolute Gasteiger partial charge is 0.481 e. The molecule has 3 fully saturated rings. The van der Waals surface area contributed by atoms with Crippen molar-refractivity contribution in [2.75, 3.05) is 23.8 Å². The van der Waals surface area contributed by atoms with Crippen LogP contribution in [-0.4, -0.2) is 64.2 Å². The minimum Gasteiger partial charge on any atom is -0.481 e. The molecule has 1 aromatic rings. The average Bonchev–Trinajstić information content (AvgIpc) is 3.20. The molecular formula is C19H24N2O5S2. The number of carbonyl (C=O) groups is 3. The fraction of sp³-hybridized carbons (Fsp3) is 0.632. The molecule has 4 heterocycles. The molecule has 0 saturated carbocycles. The number of aliphatic carboxylic acids is 1. The van der Waals surface area contributed by atoms with Gasteiger partial charge in [-0.15, -0.1) is 23.1 Å². The number of thioether (sulfide) groups is 1. The molecule has 4 rings (SSSR count). The molecule has 0 spiro atoms. The summed E-state index contributed by atoms with van der Waals surface area (Å²) in [7, 11) is 0. The van der Waals surface area contributed by atoms with E-state index < -0.39 is 17.4 Å². The third kappa shape index (κ3) is 3.33. The second-order valence-corrected chi connectivity index (χ2v) is 9.76. The van der Waals surface area contributed by atoms with Crippen LogP contribution >= 0.6 is 23.1 Å². The highest BCUT2D eigenvalue weighted by Crippen LogP contribution is 2.47. The maximum Gasteiger partial charge on any atom is 0.312 e. The van der Waals surface area contributed by atoms with Gasteiger partial charge in [-0.3, -0.25) is 19.3 Å². The van der Waals surface area contributed by atoms with Crippen molar-refractivity contribution in [2.24, 2.45) is 5.41 Å². The summed E-state index contributed by atoms with van der Waals surface area (Å²) < 4.78 is 5.78. The van der Waals surface area contributed by atoms with Crippen LogP contribution in [0.25, 0.3) is 0 Å². The lowest BCUT2D eigenvalue weighted by Gasteiger charge is -2.56. The van der Waals surface area contributed by atoms with Gasteiger partial charge in [0.2, 0.25) is 11.8 Å². The molecule has 1 aromatic heterocycles. The van der Waals surface area contributed by atoms with Gasteiger partial charge in [0.1, 0.15) is 11.4 Å². The van der Waals surface area contributed by atoms with Crippen LogP contribution < -0.4 is 4.90 Å². The number of nitrogens with zero attached hydrogens (tertiary/aromatic N) is 2. The minimum absolute atomic E-state index is 0.0611. The molecule has 0 bridgehead atoms. The number of ether oxygens (including phenoxy) is 1. The summed E-state index contributed by atoms with van der Waals surface area (Å²) in [5.41, 5.74) is -0.992. The molecule has 0 radical (unpaired) electrons. The lowest BCUT2D eigenvalue weighted by molar-refractivity contribution is -0.160. The standard InChI is InChI=1S/C19H24N2O5S2/c1-12(22)21(14-6-4-8-27-14)15-16(23)20-10-19(18(24)25,11-28-17(15)20)9-13-5-2-3-7-26-13/h4,6,8,13,15,17H,2-3,5,7,9-11H2,1H3,(H,24,25)/t13?,15?,17-,19?/m1/s1. The van der Waals surface area contributed by atoms with E-state index in [0.717, 1.165) is 24.3 Å². The predicted octanol–water partition coefficient (Wildman–Crippen LogP) is 2.41. The summed E-state index contributed by atoms with van der Waals surface area (Å²) in [6.45, 7) is 2.33. The van der Waals surface area contributed by atoms with E-state index in [1.807, 2.05) is 17.5 Å². The lowest BCUT2D eigenvalue weighted by atomic mass is 9.80. The highest BCUT2D eigenvalue weighted by molar-refractivity contribution is 8.00. The maximum atomic E-state index is 12.9. The first-order valence-corrected chi connectivity index (χ1v) is 11.5. The van der Waals surface area contributed by atoms with E-state index in [1.165, 1.54) is 30.0 Å². The summed E-state index contributed by atoms with van der Waals surface area (Å²) >= 11 is 2.89. The van der Waals surface area contributed by atoms with Gasteiger partial charge in [0.05, 0.1) is 16.5 Å². The minimum atomic E-state index is -0.992. The van der Waals surface area contributed by atoms with E-state index >= 15 is 0 Å². The molecule has 3 aliphatic rings. The molecule has 3 saturated heterocycles. The van der Waals surface area contributed by atoms with E-state index in [2.05, 4.69) is 0 Å². The molecule has 9 heteroatoms. The number of anilines is 1. The third-order valence-electron chi connectivity index (χ3n) is 5.82. The van der Waals surface area contributed by atoms with Crippen molar-refractivity contribution in [1.29, 1.82) is 0 Å². The van der Waals surface area contributed by atoms with Crippen LogP contribution in [0.2, 0.25) is 0 Å². The van der Waals surface area contributed by atoms with Crippen molar-refractivity contribution in [3.8, 4) is 0 Å². The summed E-state index contributed by atoms with van der Waals surface area (Å²) in [5, 5.41) is 12.4. The van der Waals surface area contributed by atoms with Gasteiger partial charge in [-0.2, -0.15) is 0 Å². The van der Waals surface area contributed by atoms with Crippen molar-refractivity contribution in [3.63, 3.8) is 0 Å². The van der Waals surface area contributed by atoms with Crippen LogP contribution in [0.4, 0.5) is 5.00 Å². The van der Waals surface area contributed by atoms with Gasteiger partial charge >= 0.3 is 5.97 Å². The van der Waals surface area contributed by atoms with E-state index in [1.54, 1.807) is 9.80 Å². The first kappa shape index (κ1) is 19.7. The van der Waals surface area contributed by atoms with E-state index in [-0.39, 0.29) is 29.8 Å². The smallest absolute Gasteiger partial charge is 0.312 e. The number of thiophene rings is 1. The van der Waals surface area contributed by atoms with Gasteiger partial charge in [-0.05, 0) is 43.2 Å². The fourth-order valence-corrected chi connectivity index (χ4v) is 6.76. The Morgan fingerprint density at radius 1 is 1.43 bits per heavy atom. The number of rotatable bonds is 5. The summed E-state index contributed by atoms with van der Waals surface area (Å²) in [6.07, 6.45) is 3.31. The Balaban J connectivity index is 1.51. The van der Waals surface area contributed by atoms with Gasteiger partial charge in [0.25, 0.3) is 0 Å². The fourth-order valence-electron chi connectivity index (χ4n) is 4.35. The predicted molar refractivity (Wildman–Crippen MR) is 108 cm³/mol. The highest BCUT2D eigenvalue weighted by atomic mass is 32.2. The zero-order chi connectivity index (χ0) is 19.9. The molecule has 3 aliphatic heterocycles. The number of carbonyl (C=O) groups excluding carboxylic acids is 2. The van der Waals surface area contributed by atoms with Crippen LogP contribution in [0.5, 0.6) is 0 Å². The van der Waals surface area contributed by atoms with E-state index in [9.17, 15) is 19.5 Å². The first-order valence-electron chi connectivity index (χ1n) is 9.53. The highest BCUT2D eigenvalue weighted by Gasteiger charge is 2.59. The normalized spacial score (nSPS) is 32.4. The summed E-state index contributed by atoms with van der Waals surface area (Å²) in [5.74, 6) is -0.795. The molecule has 2 amide bonds. The first-order chi connectivity index (χ1) is 13.4. The van der Waals surface area contributed by atoms with Crippen molar-refractivity contribution in [2.45, 2.75) is 50.1 Å². The molecule has 152 valence electrons. The van der Waals surface area contributed by atoms with Gasteiger partial charge in [0, 0.05) is 25.8 Å². The Kier molecular flexibility index (Phi) is 5.41. The molecule has 1 N–H and O–H groups in total. The Bertz CT molecular complexity index is 764. The number of hydrogen-bond acceptors (Lipinski definition) is 6. The van der Waals surface area contributed by atoms with Crippen LogP contribution in [0.1, 0.15) is 32.6 Å². The Morgan fingerprint density at radius 2 is 2.25 bits per heavy atom. The number of carboxylic acids is 1. The number of fused-ring (bicyclic) bond motifs is 1. The van der Waals surface area contributed by atoms with Gasteiger partial charge in [-0.25, -0.2) is 0 Å². The van der Waals surface area contributed by atoms with Crippen LogP contribution in [-0.2, 0) is 19.1 Å². The third-order valence-corrected chi connectivity index (χ3v) is 8.26. The van der Waals surface area contributed by atoms with Crippen LogP contribution in [0.3, 0.4) is 0 Å². The number of β-lactam (4-membered cyclic amide) rings is 1. The van der Waals surface area contributed by atoms with Gasteiger partial charge < -0.3 is 14.7 Å². The quantitative estimate of drug-likeness (QED) is 0.731. The molecular weight excluding hydrogens is 400 g/mol. The number of amides is 2. The van der Waals surface area contributed by atoms with E-state index in [0.29, 0.717) is 18.8 Å². The Morgan fingerprint density at radius 3 is 2.86 bits per heavy atom. The molecule has 0 aromatic carbocycles. The number of hydrogen-bond donors (Lipinski definition) is 1. The zero-order valence-electron chi connectivity index (χ0n) is 15.7. The number of carboxylic acid groups (broad SMARTS) is 1. The zero-order valence-corrected chi connectivity index (χ0v) is 17.3. The molecule has 0 aliphatic carbocycles. The van der Waals surface area contributed by atoms with Crippen molar-refractivity contribution in [1.82, 2.24) is 4.90 Å². The maximum absolute atomic E-state index is 12.9. The SMILES string of the molecule is CC(=O)N(c1cccs1)C1C(=O)N2CC(CC3CCCCO3)(C(=O)O)CS[C@H]12.